The van der Waals surface area contributed by atoms with E-state index in [1.54, 1.807) is 42.6 Å². The molecule has 126 valence electrons. The average Bonchev–Trinajstić information content (AvgIpc) is 2.65. The minimum Gasteiger partial charge on any atom is -0.477 e. The van der Waals surface area contributed by atoms with Gasteiger partial charge in [0.25, 0.3) is 5.91 Å². The van der Waals surface area contributed by atoms with Gasteiger partial charge in [-0.05, 0) is 55.5 Å². The largest absolute Gasteiger partial charge is 0.477 e. The van der Waals surface area contributed by atoms with Crippen molar-refractivity contribution in [2.75, 3.05) is 11.9 Å². The topological polar surface area (TPSA) is 60.5 Å². The highest BCUT2D eigenvalue weighted by Gasteiger charge is 2.13. The number of pyridine rings is 1. The Morgan fingerprint density at radius 3 is 2.40 bits per heavy atom. The SMILES string of the molecule is CCOc1ncccc1C(=O)Nc1ccc(Oc2ccccc2)cc1. The molecule has 25 heavy (non-hydrogen) atoms. The van der Waals surface area contributed by atoms with Crippen LogP contribution in [0.15, 0.2) is 72.9 Å². The molecule has 0 atom stereocenters. The van der Waals surface area contributed by atoms with Gasteiger partial charge in [-0.3, -0.25) is 4.79 Å². The first-order chi connectivity index (χ1) is 12.3. The second kappa shape index (κ2) is 7.97. The van der Waals surface area contributed by atoms with Crippen LogP contribution in [0.4, 0.5) is 5.69 Å². The molecule has 0 radical (unpaired) electrons. The van der Waals surface area contributed by atoms with E-state index in [1.807, 2.05) is 37.3 Å². The lowest BCUT2D eigenvalue weighted by atomic mass is 10.2. The van der Waals surface area contributed by atoms with Crippen LogP contribution < -0.4 is 14.8 Å². The molecule has 0 aliphatic heterocycles. The third-order valence-corrected chi connectivity index (χ3v) is 3.39. The molecular weight excluding hydrogens is 316 g/mol. The van der Waals surface area contributed by atoms with Crippen molar-refractivity contribution in [1.29, 1.82) is 0 Å². The van der Waals surface area contributed by atoms with Crippen LogP contribution in [0.1, 0.15) is 17.3 Å². The van der Waals surface area contributed by atoms with Gasteiger partial charge >= 0.3 is 0 Å². The maximum atomic E-state index is 12.4. The average molecular weight is 334 g/mol. The zero-order chi connectivity index (χ0) is 17.5. The van der Waals surface area contributed by atoms with Gasteiger partial charge in [-0.1, -0.05) is 18.2 Å². The molecule has 3 rings (SSSR count). The molecule has 0 saturated carbocycles. The third kappa shape index (κ3) is 4.35. The predicted molar refractivity (Wildman–Crippen MR) is 96.3 cm³/mol. The number of carbonyl (C=O) groups excluding carboxylic acids is 1. The first kappa shape index (κ1) is 16.5. The van der Waals surface area contributed by atoms with Crippen LogP contribution in [0.3, 0.4) is 0 Å². The summed E-state index contributed by atoms with van der Waals surface area (Å²) >= 11 is 0. The number of para-hydroxylation sites is 1. The van der Waals surface area contributed by atoms with Crippen molar-refractivity contribution < 1.29 is 14.3 Å². The number of hydrogen-bond acceptors (Lipinski definition) is 4. The summed E-state index contributed by atoms with van der Waals surface area (Å²) < 4.78 is 11.1. The summed E-state index contributed by atoms with van der Waals surface area (Å²) in [6.45, 7) is 2.30. The highest BCUT2D eigenvalue weighted by Crippen LogP contribution is 2.23. The Labute approximate surface area is 146 Å². The van der Waals surface area contributed by atoms with Gasteiger partial charge in [-0.25, -0.2) is 4.98 Å². The maximum absolute atomic E-state index is 12.4. The van der Waals surface area contributed by atoms with Crippen molar-refractivity contribution in [2.45, 2.75) is 6.92 Å². The monoisotopic (exact) mass is 334 g/mol. The number of nitrogens with zero attached hydrogens (tertiary/aromatic N) is 1. The lowest BCUT2D eigenvalue weighted by Crippen LogP contribution is -2.14. The summed E-state index contributed by atoms with van der Waals surface area (Å²) in [6.07, 6.45) is 1.59. The van der Waals surface area contributed by atoms with E-state index in [-0.39, 0.29) is 5.91 Å². The maximum Gasteiger partial charge on any atom is 0.261 e. The van der Waals surface area contributed by atoms with Crippen molar-refractivity contribution in [2.24, 2.45) is 0 Å². The van der Waals surface area contributed by atoms with E-state index in [4.69, 9.17) is 9.47 Å². The molecule has 0 aliphatic rings. The van der Waals surface area contributed by atoms with Gasteiger partial charge in [0.15, 0.2) is 0 Å². The number of anilines is 1. The van der Waals surface area contributed by atoms with Crippen molar-refractivity contribution in [3.63, 3.8) is 0 Å². The van der Waals surface area contributed by atoms with Gasteiger partial charge in [-0.15, -0.1) is 0 Å². The summed E-state index contributed by atoms with van der Waals surface area (Å²) in [5.41, 5.74) is 1.06. The Kier molecular flexibility index (Phi) is 5.26. The molecule has 1 N–H and O–H groups in total. The van der Waals surface area contributed by atoms with Crippen molar-refractivity contribution >= 4 is 11.6 Å². The first-order valence-electron chi connectivity index (χ1n) is 7.98. The van der Waals surface area contributed by atoms with Gasteiger partial charge in [-0.2, -0.15) is 0 Å². The van der Waals surface area contributed by atoms with Crippen molar-refractivity contribution in [3.8, 4) is 17.4 Å². The number of hydrogen-bond donors (Lipinski definition) is 1. The van der Waals surface area contributed by atoms with Crippen molar-refractivity contribution in [1.82, 2.24) is 4.98 Å². The van der Waals surface area contributed by atoms with Gasteiger partial charge in [0.05, 0.1) is 6.61 Å². The van der Waals surface area contributed by atoms with Gasteiger partial charge < -0.3 is 14.8 Å². The zero-order valence-electron chi connectivity index (χ0n) is 13.8. The van der Waals surface area contributed by atoms with Crippen LogP contribution in [0.25, 0.3) is 0 Å². The fourth-order valence-electron chi connectivity index (χ4n) is 2.24. The second-order valence-electron chi connectivity index (χ2n) is 5.18. The summed E-state index contributed by atoms with van der Waals surface area (Å²) in [5, 5.41) is 2.83. The molecule has 0 aliphatic carbocycles. The number of nitrogens with one attached hydrogen (secondary N) is 1. The molecule has 1 aromatic heterocycles. The van der Waals surface area contributed by atoms with E-state index in [9.17, 15) is 4.79 Å². The standard InChI is InChI=1S/C20H18N2O3/c1-2-24-20-18(9-6-14-21-20)19(23)22-15-10-12-17(13-11-15)25-16-7-4-3-5-8-16/h3-14H,2H2,1H3,(H,22,23). The Morgan fingerprint density at radius 1 is 0.960 bits per heavy atom. The molecule has 5 nitrogen and oxygen atoms in total. The summed E-state index contributed by atoms with van der Waals surface area (Å²) in [5.74, 6) is 1.51. The molecule has 0 spiro atoms. The fraction of sp³-hybridized carbons (Fsp3) is 0.100. The van der Waals surface area contributed by atoms with E-state index in [2.05, 4.69) is 10.3 Å². The highest BCUT2D eigenvalue weighted by atomic mass is 16.5. The normalized spacial score (nSPS) is 10.1. The molecule has 3 aromatic rings. The lowest BCUT2D eigenvalue weighted by molar-refractivity contribution is 0.102. The molecule has 0 fully saturated rings. The molecule has 5 heteroatoms. The molecule has 1 amide bonds. The first-order valence-corrected chi connectivity index (χ1v) is 7.98. The molecule has 1 heterocycles. The Hall–Kier alpha value is -3.34. The number of aromatic nitrogens is 1. The smallest absolute Gasteiger partial charge is 0.261 e. The van der Waals surface area contributed by atoms with E-state index >= 15 is 0 Å². The Balaban J connectivity index is 1.68. The van der Waals surface area contributed by atoms with Gasteiger partial charge in [0, 0.05) is 11.9 Å². The molecule has 0 bridgehead atoms. The number of amides is 1. The van der Waals surface area contributed by atoms with Crippen LogP contribution >= 0.6 is 0 Å². The van der Waals surface area contributed by atoms with E-state index in [0.717, 1.165) is 5.75 Å². The highest BCUT2D eigenvalue weighted by molar-refractivity contribution is 6.05. The summed E-state index contributed by atoms with van der Waals surface area (Å²) in [7, 11) is 0. The minimum absolute atomic E-state index is 0.270. The number of benzene rings is 2. The number of ether oxygens (including phenoxy) is 2. The fourth-order valence-corrected chi connectivity index (χ4v) is 2.24. The quantitative estimate of drug-likeness (QED) is 0.720. The number of rotatable bonds is 6. The van der Waals surface area contributed by atoms with Crippen LogP contribution in [-0.2, 0) is 0 Å². The summed E-state index contributed by atoms with van der Waals surface area (Å²) in [4.78, 5) is 16.5. The molecule has 0 unspecified atom stereocenters. The molecule has 0 saturated heterocycles. The van der Waals surface area contributed by atoms with E-state index < -0.39 is 0 Å². The minimum atomic E-state index is -0.270. The van der Waals surface area contributed by atoms with Gasteiger partial charge in [0.1, 0.15) is 17.1 Å². The van der Waals surface area contributed by atoms with Crippen molar-refractivity contribution in [3.05, 3.63) is 78.5 Å². The third-order valence-electron chi connectivity index (χ3n) is 3.39. The lowest BCUT2D eigenvalue weighted by Gasteiger charge is -2.10. The van der Waals surface area contributed by atoms with E-state index in [0.29, 0.717) is 29.5 Å². The predicted octanol–water partition coefficient (Wildman–Crippen LogP) is 4.52. The van der Waals surface area contributed by atoms with Crippen LogP contribution in [-0.4, -0.2) is 17.5 Å². The van der Waals surface area contributed by atoms with Gasteiger partial charge in [0.2, 0.25) is 5.88 Å². The Morgan fingerprint density at radius 2 is 1.68 bits per heavy atom. The van der Waals surface area contributed by atoms with E-state index in [1.165, 1.54) is 0 Å². The summed E-state index contributed by atoms with van der Waals surface area (Å²) in [6, 6.07) is 20.1. The zero-order valence-corrected chi connectivity index (χ0v) is 13.8. The Bertz CT molecular complexity index is 833. The van der Waals surface area contributed by atoms with Crippen LogP contribution in [0, 0.1) is 0 Å². The molecule has 2 aromatic carbocycles. The molecular formula is C20H18N2O3. The number of carbonyl (C=O) groups is 1. The van der Waals surface area contributed by atoms with Crippen LogP contribution in [0.2, 0.25) is 0 Å². The van der Waals surface area contributed by atoms with Crippen LogP contribution in [0.5, 0.6) is 17.4 Å². The second-order valence-corrected chi connectivity index (χ2v) is 5.18.